The maximum absolute atomic E-state index is 7.64. The van der Waals surface area contributed by atoms with E-state index in [9.17, 15) is 0 Å². The van der Waals surface area contributed by atoms with Gasteiger partial charge in [-0.3, -0.25) is 5.41 Å². The molecule has 1 unspecified atom stereocenters. The quantitative estimate of drug-likeness (QED) is 0.670. The van der Waals surface area contributed by atoms with E-state index in [4.69, 9.17) is 22.7 Å². The molecule has 1 aromatic heterocycles. The van der Waals surface area contributed by atoms with Gasteiger partial charge in [0.1, 0.15) is 11.7 Å². The number of aromatic nitrogens is 1. The number of rotatable bonds is 4. The number of hydrogen-bond donors (Lipinski definition) is 2. The molecule has 1 atom stereocenters. The summed E-state index contributed by atoms with van der Waals surface area (Å²) in [6.07, 6.45) is 1.70. The predicted molar refractivity (Wildman–Crippen MR) is 83.5 cm³/mol. The van der Waals surface area contributed by atoms with Gasteiger partial charge in [-0.1, -0.05) is 23.7 Å². The highest BCUT2D eigenvalue weighted by atomic mass is 35.5. The molecule has 20 heavy (non-hydrogen) atoms. The third-order valence-electron chi connectivity index (χ3n) is 3.32. The van der Waals surface area contributed by atoms with Crippen LogP contribution >= 0.6 is 11.6 Å². The molecule has 0 saturated carbocycles. The van der Waals surface area contributed by atoms with Gasteiger partial charge in [-0.2, -0.15) is 0 Å². The van der Waals surface area contributed by atoms with Crippen molar-refractivity contribution in [2.24, 2.45) is 5.73 Å². The number of anilines is 1. The zero-order valence-electron chi connectivity index (χ0n) is 11.5. The third kappa shape index (κ3) is 2.91. The fourth-order valence-corrected chi connectivity index (χ4v) is 2.26. The summed E-state index contributed by atoms with van der Waals surface area (Å²) in [4.78, 5) is 6.33. The molecule has 1 aromatic carbocycles. The second-order valence-corrected chi connectivity index (χ2v) is 5.07. The number of pyridine rings is 1. The molecule has 0 saturated heterocycles. The van der Waals surface area contributed by atoms with Gasteiger partial charge >= 0.3 is 0 Å². The van der Waals surface area contributed by atoms with Gasteiger partial charge < -0.3 is 10.6 Å². The fourth-order valence-electron chi connectivity index (χ4n) is 2.06. The Morgan fingerprint density at radius 1 is 1.35 bits per heavy atom. The van der Waals surface area contributed by atoms with Crippen molar-refractivity contribution >= 4 is 23.3 Å². The number of nitrogens with two attached hydrogens (primary N) is 1. The van der Waals surface area contributed by atoms with Crippen molar-refractivity contribution in [2.75, 3.05) is 11.9 Å². The maximum atomic E-state index is 7.64. The van der Waals surface area contributed by atoms with E-state index in [1.54, 1.807) is 18.3 Å². The number of nitrogens with one attached hydrogen (secondary N) is 1. The first kappa shape index (κ1) is 14.3. The summed E-state index contributed by atoms with van der Waals surface area (Å²) < 4.78 is 0. The molecular weight excluding hydrogens is 272 g/mol. The topological polar surface area (TPSA) is 66.0 Å². The molecule has 0 aliphatic rings. The smallest absolute Gasteiger partial charge is 0.139 e. The van der Waals surface area contributed by atoms with Crippen LogP contribution < -0.4 is 10.6 Å². The van der Waals surface area contributed by atoms with Gasteiger partial charge in [0.05, 0.1) is 11.6 Å². The molecule has 2 aromatic rings. The number of halogens is 1. The van der Waals surface area contributed by atoms with Gasteiger partial charge in [-0.25, -0.2) is 4.98 Å². The molecule has 0 aliphatic heterocycles. The monoisotopic (exact) mass is 288 g/mol. The van der Waals surface area contributed by atoms with Crippen LogP contribution in [0.25, 0.3) is 0 Å². The van der Waals surface area contributed by atoms with E-state index in [0.717, 1.165) is 5.56 Å². The summed E-state index contributed by atoms with van der Waals surface area (Å²) in [5.41, 5.74) is 7.32. The minimum Gasteiger partial charge on any atom is -0.384 e. The summed E-state index contributed by atoms with van der Waals surface area (Å²) in [6.45, 7) is 2.06. The van der Waals surface area contributed by atoms with Crippen molar-refractivity contribution in [3.05, 3.63) is 58.7 Å². The lowest BCUT2D eigenvalue weighted by Gasteiger charge is -2.28. The van der Waals surface area contributed by atoms with Crippen LogP contribution in [-0.2, 0) is 0 Å². The van der Waals surface area contributed by atoms with E-state index in [0.29, 0.717) is 16.4 Å². The Morgan fingerprint density at radius 3 is 2.75 bits per heavy atom. The molecule has 0 radical (unpaired) electrons. The van der Waals surface area contributed by atoms with Gasteiger partial charge in [-0.15, -0.1) is 0 Å². The maximum Gasteiger partial charge on any atom is 0.139 e. The van der Waals surface area contributed by atoms with Gasteiger partial charge in [0.15, 0.2) is 0 Å². The average Bonchev–Trinajstić information content (AvgIpc) is 2.45. The summed E-state index contributed by atoms with van der Waals surface area (Å²) in [5, 5.41) is 8.34. The minimum atomic E-state index is 0.0123. The van der Waals surface area contributed by atoms with Crippen molar-refractivity contribution in [3.8, 4) is 0 Å². The lowest BCUT2D eigenvalue weighted by molar-refractivity contribution is 0.728. The highest BCUT2D eigenvalue weighted by Crippen LogP contribution is 2.27. The van der Waals surface area contributed by atoms with E-state index >= 15 is 0 Å². The SMILES string of the molecule is CC(c1cccc(Cl)c1)N(C)c1ncccc1C(=N)N. The highest BCUT2D eigenvalue weighted by molar-refractivity contribution is 6.30. The standard InChI is InChI=1S/C15H17ClN4/c1-10(11-5-3-6-12(16)9-11)20(2)15-13(14(17)18)7-4-8-19-15/h3-10H,1-2H3,(H3,17,18). The van der Waals surface area contributed by atoms with Crippen molar-refractivity contribution in [3.63, 3.8) is 0 Å². The molecule has 104 valence electrons. The van der Waals surface area contributed by atoms with Crippen molar-refractivity contribution in [1.29, 1.82) is 5.41 Å². The molecule has 4 nitrogen and oxygen atoms in total. The van der Waals surface area contributed by atoms with Gasteiger partial charge in [0, 0.05) is 18.3 Å². The molecule has 2 rings (SSSR count). The molecule has 3 N–H and O–H groups in total. The second kappa shape index (κ2) is 5.92. The van der Waals surface area contributed by atoms with E-state index < -0.39 is 0 Å². The molecule has 1 heterocycles. The fraction of sp³-hybridized carbons (Fsp3) is 0.200. The molecule has 0 amide bonds. The van der Waals surface area contributed by atoms with Crippen LogP contribution in [0.1, 0.15) is 24.1 Å². The highest BCUT2D eigenvalue weighted by Gasteiger charge is 2.17. The molecule has 0 spiro atoms. The van der Waals surface area contributed by atoms with Crippen molar-refractivity contribution in [1.82, 2.24) is 4.98 Å². The Hall–Kier alpha value is -2.07. The number of amidine groups is 1. The van der Waals surface area contributed by atoms with Crippen LogP contribution in [-0.4, -0.2) is 17.9 Å². The molecular formula is C15H17ClN4. The van der Waals surface area contributed by atoms with Crippen molar-refractivity contribution < 1.29 is 0 Å². The lowest BCUT2D eigenvalue weighted by Crippen LogP contribution is -2.26. The van der Waals surface area contributed by atoms with Crippen LogP contribution in [0.4, 0.5) is 5.82 Å². The van der Waals surface area contributed by atoms with Crippen LogP contribution in [0.2, 0.25) is 5.02 Å². The normalized spacial score (nSPS) is 11.9. The van der Waals surface area contributed by atoms with E-state index in [1.165, 1.54) is 0 Å². The average molecular weight is 289 g/mol. The lowest BCUT2D eigenvalue weighted by atomic mass is 10.1. The van der Waals surface area contributed by atoms with Crippen LogP contribution in [0.3, 0.4) is 0 Å². The van der Waals surface area contributed by atoms with Crippen LogP contribution in [0, 0.1) is 5.41 Å². The summed E-state index contributed by atoms with van der Waals surface area (Å²) in [7, 11) is 1.93. The largest absolute Gasteiger partial charge is 0.384 e. The van der Waals surface area contributed by atoms with Gasteiger partial charge in [0.2, 0.25) is 0 Å². The first-order valence-corrected chi connectivity index (χ1v) is 6.66. The zero-order chi connectivity index (χ0) is 14.7. The Morgan fingerprint density at radius 2 is 2.10 bits per heavy atom. The Kier molecular flexibility index (Phi) is 4.25. The Labute approximate surface area is 123 Å². The number of nitrogens with zero attached hydrogens (tertiary/aromatic N) is 2. The zero-order valence-corrected chi connectivity index (χ0v) is 12.2. The first-order valence-electron chi connectivity index (χ1n) is 6.28. The van der Waals surface area contributed by atoms with Gasteiger partial charge in [0.25, 0.3) is 0 Å². The first-order chi connectivity index (χ1) is 9.50. The third-order valence-corrected chi connectivity index (χ3v) is 3.56. The summed E-state index contributed by atoms with van der Waals surface area (Å²) in [6, 6.07) is 11.4. The molecule has 0 aliphatic carbocycles. The minimum absolute atomic E-state index is 0.0123. The number of hydrogen-bond acceptors (Lipinski definition) is 3. The van der Waals surface area contributed by atoms with Gasteiger partial charge in [-0.05, 0) is 36.8 Å². The number of nitrogen functional groups attached to an aromatic ring is 1. The second-order valence-electron chi connectivity index (χ2n) is 4.63. The molecule has 0 fully saturated rings. The van der Waals surface area contributed by atoms with E-state index in [-0.39, 0.29) is 11.9 Å². The van der Waals surface area contributed by atoms with Crippen molar-refractivity contribution in [2.45, 2.75) is 13.0 Å². The summed E-state index contributed by atoms with van der Waals surface area (Å²) in [5.74, 6) is 0.700. The van der Waals surface area contributed by atoms with E-state index in [2.05, 4.69) is 11.9 Å². The number of benzene rings is 1. The summed E-state index contributed by atoms with van der Waals surface area (Å²) >= 11 is 6.03. The Balaban J connectivity index is 2.36. The predicted octanol–water partition coefficient (Wildman–Crippen LogP) is 3.22. The van der Waals surface area contributed by atoms with Crippen LogP contribution in [0.15, 0.2) is 42.6 Å². The molecule has 0 bridgehead atoms. The van der Waals surface area contributed by atoms with E-state index in [1.807, 2.05) is 36.2 Å². The molecule has 5 heteroatoms. The Bertz CT molecular complexity index is 627. The van der Waals surface area contributed by atoms with Crippen LogP contribution in [0.5, 0.6) is 0 Å².